The predicted molar refractivity (Wildman–Crippen MR) is 257 cm³/mol. The van der Waals surface area contributed by atoms with Gasteiger partial charge in [0.2, 0.25) is 10.0 Å². The second-order valence-electron chi connectivity index (χ2n) is 16.8. The van der Waals surface area contributed by atoms with Crippen molar-refractivity contribution >= 4 is 99.3 Å². The summed E-state index contributed by atoms with van der Waals surface area (Å²) in [6, 6.07) is 27.5. The molecule has 0 radical (unpaired) electrons. The van der Waals surface area contributed by atoms with Crippen LogP contribution in [0.1, 0.15) is 48.9 Å². The average molecular weight is 986 g/mol. The standard InChI is InChI=1S/C23H28Cl2N2OS.C13H18N2O2S.C9H9BrCl2/c1-23(16-7-4-8-17(13-16)26-29(2,3)28)19-14-27(15-20(19)23)12-6-9-18-21(24)10-5-11-22(18)25;1-13(11-7-14-8-12(11)13)9-4-3-5-10(6-9)15-18(2,16)17;10-6-2-3-7-8(11)4-1-5-9(7)12/h4-5,7-8,10-11,13,19-20H,2,6,9,12,14-15H2,1,3H3,(H,26,28);3-6,11-12,14-15H,7-8H2,1-2H3;1,4-5H,2-3,6H2. The van der Waals surface area contributed by atoms with Gasteiger partial charge in [-0.3, -0.25) is 4.72 Å². The first-order chi connectivity index (χ1) is 27.8. The van der Waals surface area contributed by atoms with Gasteiger partial charge in [0.1, 0.15) is 0 Å². The Morgan fingerprint density at radius 2 is 1.12 bits per heavy atom. The van der Waals surface area contributed by atoms with Crippen molar-refractivity contribution in [2.45, 2.75) is 50.4 Å². The van der Waals surface area contributed by atoms with E-state index in [1.807, 2.05) is 60.7 Å². The minimum atomic E-state index is -3.20. The molecule has 2 heterocycles. The van der Waals surface area contributed by atoms with Crippen molar-refractivity contribution in [2.24, 2.45) is 23.7 Å². The summed E-state index contributed by atoms with van der Waals surface area (Å²) in [6.45, 7) is 10.1. The van der Waals surface area contributed by atoms with Gasteiger partial charge in [0.25, 0.3) is 0 Å². The van der Waals surface area contributed by atoms with Gasteiger partial charge in [0, 0.05) is 76.7 Å². The van der Waals surface area contributed by atoms with Gasteiger partial charge in [0.15, 0.2) is 0 Å². The van der Waals surface area contributed by atoms with Crippen LogP contribution in [0.2, 0.25) is 20.1 Å². The molecule has 4 aromatic carbocycles. The van der Waals surface area contributed by atoms with Crippen molar-refractivity contribution < 1.29 is 12.6 Å². The summed E-state index contributed by atoms with van der Waals surface area (Å²) in [6.07, 6.45) is 6.77. The Morgan fingerprint density at radius 1 is 0.695 bits per heavy atom. The van der Waals surface area contributed by atoms with Crippen molar-refractivity contribution in [1.29, 1.82) is 0 Å². The zero-order chi connectivity index (χ0) is 42.8. The number of sulfonamides is 1. The van der Waals surface area contributed by atoms with Gasteiger partial charge in [0.05, 0.1) is 6.26 Å². The molecule has 59 heavy (non-hydrogen) atoms. The van der Waals surface area contributed by atoms with E-state index < -0.39 is 19.7 Å². The van der Waals surface area contributed by atoms with Gasteiger partial charge in [-0.1, -0.05) is 113 Å². The third-order valence-corrected chi connectivity index (χ3v) is 15.9. The fourth-order valence-electron chi connectivity index (χ4n) is 9.37. The highest BCUT2D eigenvalue weighted by Crippen LogP contribution is 2.63. The van der Waals surface area contributed by atoms with Crippen molar-refractivity contribution in [3.05, 3.63) is 127 Å². The molecule has 0 aromatic heterocycles. The van der Waals surface area contributed by atoms with E-state index in [1.54, 1.807) is 12.3 Å². The first-order valence-corrected chi connectivity index (χ1v) is 26.6. The number of alkyl halides is 1. The summed E-state index contributed by atoms with van der Waals surface area (Å²) < 4.78 is 40.1. The number of nitrogens with one attached hydrogen (secondary N) is 3. The van der Waals surface area contributed by atoms with Crippen molar-refractivity contribution in [3.8, 4) is 0 Å². The second kappa shape index (κ2) is 19.2. The molecule has 8 rings (SSSR count). The van der Waals surface area contributed by atoms with E-state index in [2.05, 4.69) is 73.5 Å². The minimum absolute atomic E-state index is 0.218. The normalized spacial score (nSPS) is 26.3. The first-order valence-electron chi connectivity index (χ1n) is 20.0. The van der Waals surface area contributed by atoms with Gasteiger partial charge in [-0.2, -0.15) is 0 Å². The van der Waals surface area contributed by atoms with E-state index in [-0.39, 0.29) is 10.8 Å². The molecule has 0 amide bonds. The predicted octanol–water partition coefficient (Wildman–Crippen LogP) is 10.6. The molecule has 3 N–H and O–H groups in total. The summed E-state index contributed by atoms with van der Waals surface area (Å²) in [4.78, 5) is 2.57. The Bertz CT molecular complexity index is 2290. The highest BCUT2D eigenvalue weighted by atomic mass is 79.9. The van der Waals surface area contributed by atoms with E-state index >= 15 is 0 Å². The van der Waals surface area contributed by atoms with E-state index in [0.29, 0.717) is 29.4 Å². The molecule has 0 spiro atoms. The van der Waals surface area contributed by atoms with Crippen LogP contribution in [0.3, 0.4) is 0 Å². The SMILES string of the molecule is C=S(C)(=O)Nc1cccc(C2(C)C3CN(CCCc4c(Cl)cccc4Cl)CC32)c1.CC1(c2cccc(NS(C)(=O)=O)c2)C2CNCC21.Clc1cccc(Cl)c1CCCBr. The van der Waals surface area contributed by atoms with Crippen LogP contribution in [0.25, 0.3) is 0 Å². The van der Waals surface area contributed by atoms with Gasteiger partial charge in [-0.25, -0.2) is 12.6 Å². The van der Waals surface area contributed by atoms with Crippen LogP contribution in [0, 0.1) is 23.7 Å². The summed E-state index contributed by atoms with van der Waals surface area (Å²) in [5, 5.41) is 7.43. The van der Waals surface area contributed by atoms with Gasteiger partial charge in [-0.15, -0.1) is 0 Å². The number of anilines is 2. The van der Waals surface area contributed by atoms with E-state index in [9.17, 15) is 12.6 Å². The zero-order valence-corrected chi connectivity index (χ0v) is 40.3. The molecule has 5 atom stereocenters. The maximum absolute atomic E-state index is 12.0. The van der Waals surface area contributed by atoms with Gasteiger partial charge in [-0.05, 0) is 146 Å². The molecule has 2 aliphatic carbocycles. The Morgan fingerprint density at radius 3 is 1.56 bits per heavy atom. The summed E-state index contributed by atoms with van der Waals surface area (Å²) in [5.74, 6) is 6.47. The van der Waals surface area contributed by atoms with Crippen molar-refractivity contribution in [2.75, 3.05) is 60.0 Å². The molecule has 0 bridgehead atoms. The minimum Gasteiger partial charge on any atom is -0.316 e. The molecule has 14 heteroatoms. The van der Waals surface area contributed by atoms with Crippen LogP contribution >= 0.6 is 62.3 Å². The van der Waals surface area contributed by atoms with Gasteiger partial charge >= 0.3 is 0 Å². The highest BCUT2D eigenvalue weighted by molar-refractivity contribution is 9.09. The number of benzene rings is 4. The van der Waals surface area contributed by atoms with E-state index in [1.165, 1.54) is 17.4 Å². The lowest BCUT2D eigenvalue weighted by atomic mass is 9.92. The molecule has 4 fully saturated rings. The number of halogens is 5. The number of nitrogens with zero attached hydrogens (tertiary/aromatic N) is 1. The Balaban J connectivity index is 0.000000165. The molecule has 5 unspecified atom stereocenters. The molecule has 2 saturated carbocycles. The number of hydrogen-bond donors (Lipinski definition) is 3. The monoisotopic (exact) mass is 982 g/mol. The van der Waals surface area contributed by atoms with Gasteiger partial charge < -0.3 is 14.9 Å². The third kappa shape index (κ3) is 11.3. The Labute approximate surface area is 380 Å². The van der Waals surface area contributed by atoms with Crippen molar-refractivity contribution in [3.63, 3.8) is 0 Å². The van der Waals surface area contributed by atoms with E-state index in [0.717, 1.165) is 101 Å². The molecule has 2 aliphatic heterocycles. The largest absolute Gasteiger partial charge is 0.316 e. The highest BCUT2D eigenvalue weighted by Gasteiger charge is 2.65. The van der Waals surface area contributed by atoms with Crippen LogP contribution in [0.15, 0.2) is 84.9 Å². The number of piperidine rings is 2. The van der Waals surface area contributed by atoms with Crippen LogP contribution in [-0.4, -0.2) is 74.0 Å². The average Bonchev–Trinajstić information content (AvgIpc) is 3.62. The quantitative estimate of drug-likeness (QED) is 0.0917. The molecule has 2 saturated heterocycles. The number of rotatable bonds is 13. The number of hydrogen-bond acceptors (Lipinski definition) is 5. The lowest BCUT2D eigenvalue weighted by Gasteiger charge is -2.25. The maximum atomic E-state index is 12.0. The lowest BCUT2D eigenvalue weighted by molar-refractivity contribution is 0.274. The first kappa shape index (κ1) is 46.5. The maximum Gasteiger partial charge on any atom is 0.229 e. The zero-order valence-electron chi connectivity index (χ0n) is 34.0. The molecule has 320 valence electrons. The summed E-state index contributed by atoms with van der Waals surface area (Å²) >= 11 is 27.9. The fourth-order valence-corrected chi connectivity index (χ4v) is 12.0. The Kier molecular flexibility index (Phi) is 15.1. The Hall–Kier alpha value is -1.99. The lowest BCUT2D eigenvalue weighted by Crippen LogP contribution is -2.30. The van der Waals surface area contributed by atoms with E-state index in [4.69, 9.17) is 46.4 Å². The van der Waals surface area contributed by atoms with Crippen LogP contribution in [0.5, 0.6) is 0 Å². The molecular formula is C45H55BrCl4N4O3S2. The summed E-state index contributed by atoms with van der Waals surface area (Å²) in [5.41, 5.74) is 6.69. The number of likely N-dealkylation sites (tertiary alicyclic amines) is 1. The topological polar surface area (TPSA) is 90.5 Å². The smallest absolute Gasteiger partial charge is 0.229 e. The van der Waals surface area contributed by atoms with Crippen LogP contribution < -0.4 is 14.8 Å². The third-order valence-electron chi connectivity index (χ3n) is 12.7. The fraction of sp³-hybridized carbons (Fsp3) is 0.444. The van der Waals surface area contributed by atoms with Crippen LogP contribution in [-0.2, 0) is 43.4 Å². The molecule has 7 nitrogen and oxygen atoms in total. The second-order valence-corrected chi connectivity index (χ2v) is 23.2. The number of fused-ring (bicyclic) bond motifs is 2. The summed E-state index contributed by atoms with van der Waals surface area (Å²) in [7, 11) is -5.46. The molecular weight excluding hydrogens is 930 g/mol. The molecule has 4 aromatic rings. The van der Waals surface area contributed by atoms with Crippen molar-refractivity contribution in [1.82, 2.24) is 10.2 Å². The molecule has 4 aliphatic rings. The van der Waals surface area contributed by atoms with Crippen LogP contribution in [0.4, 0.5) is 11.4 Å².